The molecule has 0 unspecified atom stereocenters. The number of nitrogens with zero attached hydrogens (tertiary/aromatic N) is 4. The lowest BCUT2D eigenvalue weighted by molar-refractivity contribution is 1.01. The van der Waals surface area contributed by atoms with E-state index >= 15 is 0 Å². The van der Waals surface area contributed by atoms with E-state index in [9.17, 15) is 0 Å². The minimum absolute atomic E-state index is 0.661. The molecular weight excluding hydrogens is 681 g/mol. The largest absolute Gasteiger partial charge is 0.309 e. The average Bonchev–Trinajstić information content (AvgIpc) is 3.79. The minimum Gasteiger partial charge on any atom is -0.309 e. The fraction of sp³-hybridized carbons (Fsp3) is 0. The standard InChI is InChI=1S/C52H32N4/c1-3-15-38-33(12-1)14-11-20-39(38)35-24-28-37(29-25-35)55-46-22-9-6-17-41(46)44-32-36(27-30-48(44)55)51-42-18-5-8-21-45(42)53-52(54-51)56-47-23-10-7-19-43(47)50-40-16-4-2-13-34(40)26-31-49(50)56/h1-32H. The van der Waals surface area contributed by atoms with E-state index in [0.717, 1.165) is 44.4 Å². The van der Waals surface area contributed by atoms with E-state index in [-0.39, 0.29) is 0 Å². The molecule has 0 fully saturated rings. The molecule has 0 bridgehead atoms. The lowest BCUT2D eigenvalue weighted by Crippen LogP contribution is -2.03. The summed E-state index contributed by atoms with van der Waals surface area (Å²) in [6.45, 7) is 0. The van der Waals surface area contributed by atoms with E-state index in [1.54, 1.807) is 0 Å². The zero-order valence-electron chi connectivity index (χ0n) is 30.3. The third-order valence-corrected chi connectivity index (χ3v) is 11.5. The van der Waals surface area contributed by atoms with E-state index < -0.39 is 0 Å². The maximum absolute atomic E-state index is 5.45. The number of fused-ring (bicyclic) bond motifs is 10. The summed E-state index contributed by atoms with van der Waals surface area (Å²) in [6.07, 6.45) is 0. The Morgan fingerprint density at radius 1 is 0.339 bits per heavy atom. The SMILES string of the molecule is c1ccc2c(-c3ccc(-n4c5ccccc5c5cc(-c6nc(-n7c8ccccc8c8c9ccccc9ccc87)nc7ccccc67)ccc54)cc3)cccc2c1. The van der Waals surface area contributed by atoms with Crippen LogP contribution in [0.1, 0.15) is 0 Å². The Balaban J connectivity index is 1.05. The summed E-state index contributed by atoms with van der Waals surface area (Å²) in [5.74, 6) is 0.661. The number of para-hydroxylation sites is 3. The molecule has 0 aliphatic rings. The van der Waals surface area contributed by atoms with Crippen LogP contribution < -0.4 is 0 Å². The van der Waals surface area contributed by atoms with Crippen LogP contribution in [0.15, 0.2) is 194 Å². The van der Waals surface area contributed by atoms with Gasteiger partial charge in [-0.3, -0.25) is 4.57 Å². The monoisotopic (exact) mass is 712 g/mol. The fourth-order valence-electron chi connectivity index (χ4n) is 9.00. The number of rotatable bonds is 4. The van der Waals surface area contributed by atoms with Crippen molar-refractivity contribution in [3.63, 3.8) is 0 Å². The van der Waals surface area contributed by atoms with Gasteiger partial charge in [0.15, 0.2) is 0 Å². The summed E-state index contributed by atoms with van der Waals surface area (Å²) in [4.78, 5) is 10.7. The van der Waals surface area contributed by atoms with Crippen LogP contribution in [0.2, 0.25) is 0 Å². The first-order valence-corrected chi connectivity index (χ1v) is 19.1. The molecule has 56 heavy (non-hydrogen) atoms. The predicted molar refractivity (Wildman–Crippen MR) is 234 cm³/mol. The molecule has 12 aromatic rings. The molecule has 260 valence electrons. The zero-order valence-corrected chi connectivity index (χ0v) is 30.3. The van der Waals surface area contributed by atoms with E-state index in [1.807, 2.05) is 0 Å². The Morgan fingerprint density at radius 3 is 1.75 bits per heavy atom. The Bertz CT molecular complexity index is 3530. The number of aromatic nitrogens is 4. The first-order chi connectivity index (χ1) is 27.8. The second-order valence-corrected chi connectivity index (χ2v) is 14.6. The van der Waals surface area contributed by atoms with Gasteiger partial charge in [-0.1, -0.05) is 146 Å². The molecule has 0 amide bonds. The molecule has 9 aromatic carbocycles. The maximum atomic E-state index is 5.45. The van der Waals surface area contributed by atoms with Gasteiger partial charge in [0.25, 0.3) is 0 Å². The molecule has 12 rings (SSSR count). The molecule has 0 atom stereocenters. The lowest BCUT2D eigenvalue weighted by atomic mass is 9.98. The predicted octanol–water partition coefficient (Wildman–Crippen LogP) is 13.5. The van der Waals surface area contributed by atoms with Crippen molar-refractivity contribution in [1.82, 2.24) is 19.1 Å². The fourth-order valence-corrected chi connectivity index (χ4v) is 9.00. The van der Waals surface area contributed by atoms with Crippen LogP contribution in [0.4, 0.5) is 0 Å². The van der Waals surface area contributed by atoms with Gasteiger partial charge < -0.3 is 4.57 Å². The first kappa shape index (κ1) is 30.9. The van der Waals surface area contributed by atoms with E-state index in [0.29, 0.717) is 5.95 Å². The Labute approximate surface area is 322 Å². The number of benzene rings is 9. The first-order valence-electron chi connectivity index (χ1n) is 19.1. The van der Waals surface area contributed by atoms with Crippen LogP contribution in [0.25, 0.3) is 110 Å². The highest BCUT2D eigenvalue weighted by Gasteiger charge is 2.20. The summed E-state index contributed by atoms with van der Waals surface area (Å²) in [5, 5.41) is 10.8. The van der Waals surface area contributed by atoms with Gasteiger partial charge in [-0.25, -0.2) is 9.97 Å². The molecule has 3 heterocycles. The molecule has 0 radical (unpaired) electrons. The van der Waals surface area contributed by atoms with E-state index in [1.165, 1.54) is 59.7 Å². The highest BCUT2D eigenvalue weighted by atomic mass is 15.2. The number of hydrogen-bond acceptors (Lipinski definition) is 2. The molecule has 0 aliphatic heterocycles. The van der Waals surface area contributed by atoms with Crippen LogP contribution in [0.3, 0.4) is 0 Å². The van der Waals surface area contributed by atoms with Crippen molar-refractivity contribution in [3.8, 4) is 34.0 Å². The topological polar surface area (TPSA) is 35.6 Å². The quantitative estimate of drug-likeness (QED) is 0.182. The molecule has 0 aliphatic carbocycles. The summed E-state index contributed by atoms with van der Waals surface area (Å²) in [5.41, 5.74) is 11.0. The molecule has 3 aromatic heterocycles. The summed E-state index contributed by atoms with van der Waals surface area (Å²) in [6, 6.07) is 69.6. The van der Waals surface area contributed by atoms with Crippen molar-refractivity contribution < 1.29 is 0 Å². The molecule has 0 N–H and O–H groups in total. The zero-order chi connectivity index (χ0) is 36.7. The molecule has 0 saturated carbocycles. The lowest BCUT2D eigenvalue weighted by Gasteiger charge is -2.13. The third-order valence-electron chi connectivity index (χ3n) is 11.5. The summed E-state index contributed by atoms with van der Waals surface area (Å²) < 4.78 is 4.62. The van der Waals surface area contributed by atoms with E-state index in [4.69, 9.17) is 9.97 Å². The Morgan fingerprint density at radius 2 is 0.929 bits per heavy atom. The average molecular weight is 713 g/mol. The maximum Gasteiger partial charge on any atom is 0.235 e. The minimum atomic E-state index is 0.661. The van der Waals surface area contributed by atoms with Crippen molar-refractivity contribution in [2.75, 3.05) is 0 Å². The van der Waals surface area contributed by atoms with Crippen LogP contribution in [0, 0.1) is 0 Å². The molecule has 0 spiro atoms. The molecule has 0 saturated heterocycles. The number of hydrogen-bond donors (Lipinski definition) is 0. The van der Waals surface area contributed by atoms with Gasteiger partial charge in [-0.2, -0.15) is 0 Å². The van der Waals surface area contributed by atoms with Gasteiger partial charge in [0.1, 0.15) is 0 Å². The van der Waals surface area contributed by atoms with E-state index in [2.05, 4.69) is 203 Å². The smallest absolute Gasteiger partial charge is 0.235 e. The normalized spacial score (nSPS) is 11.9. The van der Waals surface area contributed by atoms with Gasteiger partial charge in [0.2, 0.25) is 5.95 Å². The van der Waals surface area contributed by atoms with Gasteiger partial charge in [-0.05, 0) is 81.2 Å². The van der Waals surface area contributed by atoms with Crippen LogP contribution in [0.5, 0.6) is 0 Å². The van der Waals surface area contributed by atoms with Gasteiger partial charge in [0, 0.05) is 38.2 Å². The van der Waals surface area contributed by atoms with Crippen molar-refractivity contribution >= 4 is 76.1 Å². The Kier molecular flexibility index (Phi) is 6.60. The summed E-state index contributed by atoms with van der Waals surface area (Å²) >= 11 is 0. The van der Waals surface area contributed by atoms with Crippen LogP contribution in [-0.2, 0) is 0 Å². The highest BCUT2D eigenvalue weighted by Crippen LogP contribution is 2.40. The third kappa shape index (κ3) is 4.53. The Hall–Kier alpha value is -7.56. The van der Waals surface area contributed by atoms with Crippen LogP contribution >= 0.6 is 0 Å². The summed E-state index contributed by atoms with van der Waals surface area (Å²) in [7, 11) is 0. The molecule has 4 nitrogen and oxygen atoms in total. The van der Waals surface area contributed by atoms with Crippen molar-refractivity contribution in [2.24, 2.45) is 0 Å². The van der Waals surface area contributed by atoms with Crippen LogP contribution in [-0.4, -0.2) is 19.1 Å². The van der Waals surface area contributed by atoms with Gasteiger partial charge in [-0.15, -0.1) is 0 Å². The highest BCUT2D eigenvalue weighted by molar-refractivity contribution is 6.21. The second kappa shape index (κ2) is 12.0. The van der Waals surface area contributed by atoms with Crippen molar-refractivity contribution in [2.45, 2.75) is 0 Å². The second-order valence-electron chi connectivity index (χ2n) is 14.6. The van der Waals surface area contributed by atoms with Crippen molar-refractivity contribution in [1.29, 1.82) is 0 Å². The van der Waals surface area contributed by atoms with Gasteiger partial charge >= 0.3 is 0 Å². The molecule has 4 heteroatoms. The van der Waals surface area contributed by atoms with Gasteiger partial charge in [0.05, 0.1) is 33.3 Å². The molecular formula is C52H32N4. The van der Waals surface area contributed by atoms with Crippen molar-refractivity contribution in [3.05, 3.63) is 194 Å².